The first-order chi connectivity index (χ1) is 10.7. The largest absolute Gasteiger partial charge is 0.504 e. The van der Waals surface area contributed by atoms with Gasteiger partial charge in [-0.25, -0.2) is 26.3 Å². The van der Waals surface area contributed by atoms with Crippen molar-refractivity contribution in [2.75, 3.05) is 0 Å². The summed E-state index contributed by atoms with van der Waals surface area (Å²) in [7, 11) is 0. The summed E-state index contributed by atoms with van der Waals surface area (Å²) in [6.07, 6.45) is 0. The Balaban J connectivity index is 2.73. The lowest BCUT2D eigenvalue weighted by molar-refractivity contribution is 0.371. The molecule has 0 aliphatic heterocycles. The van der Waals surface area contributed by atoms with Crippen molar-refractivity contribution >= 4 is 21.5 Å². The third kappa shape index (κ3) is 1.76. The maximum absolute atomic E-state index is 14.3. The van der Waals surface area contributed by atoms with Crippen LogP contribution in [0.5, 0.6) is 11.5 Å². The molecule has 3 aromatic rings. The molecule has 2 nitrogen and oxygen atoms in total. The van der Waals surface area contributed by atoms with Crippen LogP contribution in [0, 0.1) is 40.7 Å². The van der Waals surface area contributed by atoms with E-state index in [1.165, 1.54) is 0 Å². The van der Waals surface area contributed by atoms with Gasteiger partial charge in [-0.05, 0) is 6.07 Å². The molecule has 0 heterocycles. The van der Waals surface area contributed by atoms with Crippen LogP contribution in [0.2, 0.25) is 0 Å². The minimum absolute atomic E-state index is 0.322. The van der Waals surface area contributed by atoms with Crippen molar-refractivity contribution < 1.29 is 40.9 Å². The summed E-state index contributed by atoms with van der Waals surface area (Å²) < 4.78 is 95.3. The highest BCUT2D eigenvalue weighted by Gasteiger charge is 2.28. The van der Waals surface area contributed by atoms with E-state index in [0.717, 1.165) is 0 Å². The number of hydrogen-bond acceptors (Lipinski definition) is 2. The molecule has 0 aliphatic carbocycles. The fourth-order valence-corrected chi connectivity index (χ4v) is 2.31. The Hall–Kier alpha value is -2.71. The van der Waals surface area contributed by atoms with E-state index in [9.17, 15) is 35.8 Å². The van der Waals surface area contributed by atoms with Crippen LogP contribution in [-0.2, 0) is 0 Å². The molecule has 0 aliphatic rings. The minimum Gasteiger partial charge on any atom is -0.504 e. The molecule has 0 saturated carbocycles. The van der Waals surface area contributed by atoms with E-state index in [-0.39, 0.29) is 0 Å². The number of fused-ring (bicyclic) bond motifs is 2. The maximum atomic E-state index is 14.3. The molecular formula is C14H3F7O2. The van der Waals surface area contributed by atoms with Crippen molar-refractivity contribution in [1.29, 1.82) is 0 Å². The van der Waals surface area contributed by atoms with E-state index >= 15 is 0 Å². The van der Waals surface area contributed by atoms with Crippen LogP contribution in [0.25, 0.3) is 21.5 Å². The lowest BCUT2D eigenvalue weighted by atomic mass is 9.99. The smallest absolute Gasteiger partial charge is 0.210 e. The normalized spacial score (nSPS) is 11.6. The second kappa shape index (κ2) is 4.64. The second-order valence-corrected chi connectivity index (χ2v) is 4.62. The first kappa shape index (κ1) is 15.2. The quantitative estimate of drug-likeness (QED) is 0.277. The fraction of sp³-hybridized carbons (Fsp3) is 0. The minimum atomic E-state index is -2.33. The van der Waals surface area contributed by atoms with Gasteiger partial charge in [-0.1, -0.05) is 0 Å². The molecule has 120 valence electrons. The van der Waals surface area contributed by atoms with Gasteiger partial charge in [0.15, 0.2) is 40.6 Å². The molecule has 0 radical (unpaired) electrons. The Bertz CT molecular complexity index is 936. The zero-order valence-corrected chi connectivity index (χ0v) is 10.6. The molecule has 0 spiro atoms. The molecule has 0 atom stereocenters. The summed E-state index contributed by atoms with van der Waals surface area (Å²) in [5.74, 6) is -17.7. The number of aromatic hydroxyl groups is 2. The topological polar surface area (TPSA) is 40.5 Å². The first-order valence-electron chi connectivity index (χ1n) is 5.85. The summed E-state index contributed by atoms with van der Waals surface area (Å²) in [6, 6.07) is 0.322. The summed E-state index contributed by atoms with van der Waals surface area (Å²) >= 11 is 0. The lowest BCUT2D eigenvalue weighted by Crippen LogP contribution is -2.01. The Labute approximate surface area is 122 Å². The Morgan fingerprint density at radius 3 is 1.61 bits per heavy atom. The molecule has 3 rings (SSSR count). The molecular weight excluding hydrogens is 333 g/mol. The number of phenols is 2. The van der Waals surface area contributed by atoms with Gasteiger partial charge in [-0.2, -0.15) is 4.39 Å². The summed E-state index contributed by atoms with van der Waals surface area (Å²) in [6.45, 7) is 0. The average molecular weight is 336 g/mol. The highest BCUT2D eigenvalue weighted by atomic mass is 19.2. The molecule has 23 heavy (non-hydrogen) atoms. The van der Waals surface area contributed by atoms with Gasteiger partial charge < -0.3 is 10.2 Å². The van der Waals surface area contributed by atoms with Crippen LogP contribution in [-0.4, -0.2) is 10.2 Å². The van der Waals surface area contributed by atoms with Crippen molar-refractivity contribution in [2.24, 2.45) is 0 Å². The van der Waals surface area contributed by atoms with Gasteiger partial charge in [0, 0.05) is 10.8 Å². The van der Waals surface area contributed by atoms with Gasteiger partial charge in [-0.3, -0.25) is 0 Å². The van der Waals surface area contributed by atoms with Crippen molar-refractivity contribution in [3.63, 3.8) is 0 Å². The third-order valence-corrected chi connectivity index (χ3v) is 3.40. The van der Waals surface area contributed by atoms with Crippen LogP contribution >= 0.6 is 0 Å². The standard InChI is InChI=1S/C14H3F7O2/c15-6-2-1-3-5(13(22)12(21)14(23)7(3)16)8(17)4(2)9(18)11(20)10(6)19/h1,22-23H. The Morgan fingerprint density at radius 1 is 0.478 bits per heavy atom. The van der Waals surface area contributed by atoms with E-state index < -0.39 is 73.8 Å². The fourth-order valence-electron chi connectivity index (χ4n) is 2.31. The van der Waals surface area contributed by atoms with Crippen LogP contribution < -0.4 is 0 Å². The van der Waals surface area contributed by atoms with E-state index in [2.05, 4.69) is 0 Å². The molecule has 9 heteroatoms. The van der Waals surface area contributed by atoms with E-state index in [4.69, 9.17) is 5.11 Å². The van der Waals surface area contributed by atoms with Gasteiger partial charge in [0.1, 0.15) is 5.82 Å². The van der Waals surface area contributed by atoms with Crippen LogP contribution in [0.1, 0.15) is 0 Å². The van der Waals surface area contributed by atoms with Crippen LogP contribution in [0.4, 0.5) is 30.7 Å². The maximum Gasteiger partial charge on any atom is 0.210 e. The van der Waals surface area contributed by atoms with Gasteiger partial charge in [0.2, 0.25) is 5.82 Å². The van der Waals surface area contributed by atoms with Crippen molar-refractivity contribution in [3.8, 4) is 11.5 Å². The summed E-state index contributed by atoms with van der Waals surface area (Å²) in [5, 5.41) is 13.7. The average Bonchev–Trinajstić information content (AvgIpc) is 2.53. The molecule has 0 amide bonds. The lowest BCUT2D eigenvalue weighted by Gasteiger charge is -2.12. The second-order valence-electron chi connectivity index (χ2n) is 4.62. The van der Waals surface area contributed by atoms with Gasteiger partial charge in [0.05, 0.1) is 10.8 Å². The van der Waals surface area contributed by atoms with Gasteiger partial charge in [0.25, 0.3) is 0 Å². The van der Waals surface area contributed by atoms with Gasteiger partial charge in [-0.15, -0.1) is 0 Å². The van der Waals surface area contributed by atoms with Crippen LogP contribution in [0.15, 0.2) is 6.07 Å². The first-order valence-corrected chi connectivity index (χ1v) is 5.85. The molecule has 0 fully saturated rings. The zero-order chi connectivity index (χ0) is 17.2. The van der Waals surface area contributed by atoms with E-state index in [0.29, 0.717) is 6.07 Å². The number of benzene rings is 3. The zero-order valence-electron chi connectivity index (χ0n) is 10.6. The highest BCUT2D eigenvalue weighted by Crippen LogP contribution is 2.42. The van der Waals surface area contributed by atoms with Crippen molar-refractivity contribution in [2.45, 2.75) is 0 Å². The molecule has 0 unspecified atom stereocenters. The molecule has 3 aromatic carbocycles. The van der Waals surface area contributed by atoms with Crippen molar-refractivity contribution in [1.82, 2.24) is 0 Å². The van der Waals surface area contributed by atoms with Gasteiger partial charge >= 0.3 is 0 Å². The Morgan fingerprint density at radius 2 is 1.00 bits per heavy atom. The number of hydrogen-bond donors (Lipinski definition) is 2. The Kier molecular flexibility index (Phi) is 3.07. The van der Waals surface area contributed by atoms with E-state index in [1.807, 2.05) is 0 Å². The highest BCUT2D eigenvalue weighted by molar-refractivity contribution is 6.03. The number of rotatable bonds is 0. The number of halogens is 7. The summed E-state index contributed by atoms with van der Waals surface area (Å²) in [5.41, 5.74) is 0. The SMILES string of the molecule is Oc1c(F)c(O)c2c(F)c3c(F)c(F)c(F)c(F)c3cc2c1F. The van der Waals surface area contributed by atoms with Crippen LogP contribution in [0.3, 0.4) is 0 Å². The van der Waals surface area contributed by atoms with E-state index in [1.54, 1.807) is 0 Å². The monoisotopic (exact) mass is 336 g/mol. The number of phenolic OH excluding ortho intramolecular Hbond substituents is 2. The predicted octanol–water partition coefficient (Wildman–Crippen LogP) is 4.38. The molecule has 0 bridgehead atoms. The molecule has 2 N–H and O–H groups in total. The van der Waals surface area contributed by atoms with Crippen molar-refractivity contribution in [3.05, 3.63) is 46.8 Å². The summed E-state index contributed by atoms with van der Waals surface area (Å²) in [4.78, 5) is 0. The molecule has 0 saturated heterocycles. The third-order valence-electron chi connectivity index (χ3n) is 3.40. The molecule has 0 aromatic heterocycles. The predicted molar refractivity (Wildman–Crippen MR) is 64.5 cm³/mol.